The van der Waals surface area contributed by atoms with Crippen molar-refractivity contribution in [2.24, 2.45) is 0 Å². The van der Waals surface area contributed by atoms with Crippen LogP contribution in [-0.4, -0.2) is 42.0 Å². The first kappa shape index (κ1) is 25.8. The lowest BCUT2D eigenvalue weighted by Gasteiger charge is -2.31. The van der Waals surface area contributed by atoms with Gasteiger partial charge in [0.2, 0.25) is 5.91 Å². The van der Waals surface area contributed by atoms with Crippen molar-refractivity contribution in [1.29, 1.82) is 5.26 Å². The molecule has 1 aromatic rings. The Bertz CT molecular complexity index is 808. The number of rotatable bonds is 13. The van der Waals surface area contributed by atoms with Crippen molar-refractivity contribution < 1.29 is 4.79 Å². The highest BCUT2D eigenvalue weighted by molar-refractivity contribution is 5.79. The summed E-state index contributed by atoms with van der Waals surface area (Å²) in [6.45, 7) is 11.8. The van der Waals surface area contributed by atoms with E-state index in [1.165, 1.54) is 11.1 Å². The lowest BCUT2D eigenvalue weighted by molar-refractivity contribution is -0.130. The summed E-state index contributed by atoms with van der Waals surface area (Å²) in [4.78, 5) is 14.3. The third-order valence-electron chi connectivity index (χ3n) is 6.12. The molecule has 2 rings (SSSR count). The van der Waals surface area contributed by atoms with Crippen LogP contribution in [0.1, 0.15) is 70.0 Å². The van der Waals surface area contributed by atoms with E-state index < -0.39 is 0 Å². The van der Waals surface area contributed by atoms with Crippen molar-refractivity contribution in [2.75, 3.05) is 19.6 Å². The van der Waals surface area contributed by atoms with Crippen LogP contribution in [0.3, 0.4) is 0 Å². The number of nitriles is 1. The maximum Gasteiger partial charge on any atom is 0.237 e. The third kappa shape index (κ3) is 7.93. The number of carbonyl (C=O) groups is 1. The van der Waals surface area contributed by atoms with Gasteiger partial charge < -0.3 is 15.5 Å². The minimum atomic E-state index is -0.270. The van der Waals surface area contributed by atoms with Gasteiger partial charge in [-0.15, -0.1) is 6.58 Å². The minimum absolute atomic E-state index is 0.0140. The SMILES string of the molecule is C=CCCCc1ccccc1C(C/C=C\C)NCC(C)(C)NCC(=O)N1CCCC1C#N. The first-order valence-corrected chi connectivity index (χ1v) is 11.9. The number of hydrogen-bond donors (Lipinski definition) is 2. The molecule has 2 N–H and O–H groups in total. The normalized spacial score (nSPS) is 17.4. The highest BCUT2D eigenvalue weighted by Crippen LogP contribution is 2.24. The lowest BCUT2D eigenvalue weighted by atomic mass is 9.93. The summed E-state index contributed by atoms with van der Waals surface area (Å²) in [6.07, 6.45) is 12.1. The van der Waals surface area contributed by atoms with Gasteiger partial charge in [0, 0.05) is 24.7 Å². The highest BCUT2D eigenvalue weighted by atomic mass is 16.2. The standard InChI is InChI=1S/C27H40N4O/c1-5-7-9-13-22-14-10-11-16-24(22)25(17-8-6-2)29-21-27(3,4)30-20-26(32)31-18-12-15-23(31)19-28/h5-6,8,10-11,14,16,23,25,29-30H,1,7,9,12-13,15,17-18,20-21H2,2-4H3/b8-6-. The summed E-state index contributed by atoms with van der Waals surface area (Å²) in [7, 11) is 0. The van der Waals surface area contributed by atoms with Crippen LogP contribution in [0.5, 0.6) is 0 Å². The molecule has 1 fully saturated rings. The molecule has 5 nitrogen and oxygen atoms in total. The molecule has 0 aromatic heterocycles. The second-order valence-corrected chi connectivity index (χ2v) is 9.23. The fourth-order valence-electron chi connectivity index (χ4n) is 4.19. The molecule has 5 heteroatoms. The average Bonchev–Trinajstić information content (AvgIpc) is 3.27. The Morgan fingerprint density at radius 3 is 2.91 bits per heavy atom. The van der Waals surface area contributed by atoms with Crippen molar-refractivity contribution in [2.45, 2.75) is 76.9 Å². The Kier molecular flexibility index (Phi) is 10.7. The van der Waals surface area contributed by atoms with Gasteiger partial charge in [-0.25, -0.2) is 0 Å². The molecule has 2 unspecified atom stereocenters. The maximum absolute atomic E-state index is 12.6. The number of benzene rings is 1. The van der Waals surface area contributed by atoms with E-state index in [2.05, 4.69) is 80.5 Å². The van der Waals surface area contributed by atoms with Crippen LogP contribution in [0.2, 0.25) is 0 Å². The van der Waals surface area contributed by atoms with E-state index in [0.29, 0.717) is 6.54 Å². The number of carbonyl (C=O) groups excluding carboxylic acids is 1. The number of nitrogens with zero attached hydrogens (tertiary/aromatic N) is 2. The van der Waals surface area contributed by atoms with E-state index in [0.717, 1.165) is 45.1 Å². The molecule has 1 heterocycles. The summed E-state index contributed by atoms with van der Waals surface area (Å²) in [5.74, 6) is 0.0140. The minimum Gasteiger partial charge on any atom is -0.326 e. The predicted octanol–water partition coefficient (Wildman–Crippen LogP) is 4.67. The molecule has 1 aliphatic heterocycles. The van der Waals surface area contributed by atoms with Crippen LogP contribution in [0.4, 0.5) is 0 Å². The molecule has 1 aliphatic rings. The number of hydrogen-bond acceptors (Lipinski definition) is 4. The van der Waals surface area contributed by atoms with Gasteiger partial charge in [0.05, 0.1) is 12.6 Å². The zero-order valence-electron chi connectivity index (χ0n) is 20.1. The molecule has 0 saturated carbocycles. The molecular weight excluding hydrogens is 396 g/mol. The molecule has 32 heavy (non-hydrogen) atoms. The summed E-state index contributed by atoms with van der Waals surface area (Å²) in [5.41, 5.74) is 2.47. The number of allylic oxidation sites excluding steroid dienone is 2. The molecule has 174 valence electrons. The van der Waals surface area contributed by atoms with Gasteiger partial charge in [0.25, 0.3) is 0 Å². The highest BCUT2D eigenvalue weighted by Gasteiger charge is 2.29. The van der Waals surface area contributed by atoms with E-state index >= 15 is 0 Å². The van der Waals surface area contributed by atoms with E-state index in [9.17, 15) is 10.1 Å². The Morgan fingerprint density at radius 2 is 2.19 bits per heavy atom. The molecule has 0 bridgehead atoms. The lowest BCUT2D eigenvalue weighted by Crippen LogP contribution is -2.52. The van der Waals surface area contributed by atoms with Crippen LogP contribution in [-0.2, 0) is 11.2 Å². The fraction of sp³-hybridized carbons (Fsp3) is 0.556. The summed E-state index contributed by atoms with van der Waals surface area (Å²) >= 11 is 0. The average molecular weight is 437 g/mol. The Balaban J connectivity index is 1.99. The Labute approximate surface area is 194 Å². The molecule has 0 radical (unpaired) electrons. The van der Waals surface area contributed by atoms with Crippen molar-refractivity contribution >= 4 is 5.91 Å². The molecule has 2 atom stereocenters. The van der Waals surface area contributed by atoms with Gasteiger partial charge in [-0.3, -0.25) is 4.79 Å². The molecule has 0 spiro atoms. The van der Waals surface area contributed by atoms with Crippen LogP contribution in [0.25, 0.3) is 0 Å². The van der Waals surface area contributed by atoms with Crippen molar-refractivity contribution in [3.63, 3.8) is 0 Å². The quantitative estimate of drug-likeness (QED) is 0.348. The van der Waals surface area contributed by atoms with E-state index in [1.54, 1.807) is 4.90 Å². The van der Waals surface area contributed by atoms with E-state index in [1.807, 2.05) is 6.08 Å². The fourth-order valence-corrected chi connectivity index (χ4v) is 4.19. The smallest absolute Gasteiger partial charge is 0.237 e. The predicted molar refractivity (Wildman–Crippen MR) is 132 cm³/mol. The number of unbranched alkanes of at least 4 members (excludes halogenated alkanes) is 1. The summed E-state index contributed by atoms with van der Waals surface area (Å²) < 4.78 is 0. The maximum atomic E-state index is 12.6. The number of aryl methyl sites for hydroxylation is 1. The number of amides is 1. The molecular formula is C27H40N4O. The van der Waals surface area contributed by atoms with Gasteiger partial charge in [0.15, 0.2) is 0 Å². The van der Waals surface area contributed by atoms with Crippen LogP contribution in [0, 0.1) is 11.3 Å². The van der Waals surface area contributed by atoms with Crippen LogP contribution >= 0.6 is 0 Å². The molecule has 0 aliphatic carbocycles. The first-order chi connectivity index (χ1) is 15.4. The van der Waals surface area contributed by atoms with Crippen molar-refractivity contribution in [1.82, 2.24) is 15.5 Å². The van der Waals surface area contributed by atoms with E-state index in [4.69, 9.17) is 0 Å². The van der Waals surface area contributed by atoms with Crippen molar-refractivity contribution in [3.8, 4) is 6.07 Å². The van der Waals surface area contributed by atoms with E-state index in [-0.39, 0.29) is 30.1 Å². The first-order valence-electron chi connectivity index (χ1n) is 11.9. The monoisotopic (exact) mass is 436 g/mol. The van der Waals surface area contributed by atoms with Gasteiger partial charge in [-0.2, -0.15) is 5.26 Å². The zero-order chi connectivity index (χ0) is 23.4. The number of likely N-dealkylation sites (tertiary alicyclic amines) is 1. The number of nitrogens with one attached hydrogen (secondary N) is 2. The van der Waals surface area contributed by atoms with Gasteiger partial charge in [0.1, 0.15) is 6.04 Å². The second-order valence-electron chi connectivity index (χ2n) is 9.23. The van der Waals surface area contributed by atoms with Crippen molar-refractivity contribution in [3.05, 3.63) is 60.2 Å². The van der Waals surface area contributed by atoms with Gasteiger partial charge in [-0.05, 0) is 70.4 Å². The van der Waals surface area contributed by atoms with Crippen LogP contribution < -0.4 is 10.6 Å². The Morgan fingerprint density at radius 1 is 1.41 bits per heavy atom. The van der Waals surface area contributed by atoms with Gasteiger partial charge >= 0.3 is 0 Å². The molecule has 1 amide bonds. The zero-order valence-corrected chi connectivity index (χ0v) is 20.1. The Hall–Kier alpha value is -2.42. The third-order valence-corrected chi connectivity index (χ3v) is 6.12. The second kappa shape index (κ2) is 13.2. The van der Waals surface area contributed by atoms with Gasteiger partial charge in [-0.1, -0.05) is 42.5 Å². The van der Waals surface area contributed by atoms with Crippen LogP contribution in [0.15, 0.2) is 49.1 Å². The topological polar surface area (TPSA) is 68.2 Å². The molecule has 1 saturated heterocycles. The summed E-state index contributed by atoms with van der Waals surface area (Å²) in [6, 6.07) is 10.9. The summed E-state index contributed by atoms with van der Waals surface area (Å²) in [5, 5.41) is 16.4. The largest absolute Gasteiger partial charge is 0.326 e. The molecule has 1 aromatic carbocycles.